The first kappa shape index (κ1) is 24.1. The second kappa shape index (κ2) is 10.5. The van der Waals surface area contributed by atoms with Crippen LogP contribution in [0.3, 0.4) is 0 Å². The molecule has 1 fully saturated rings. The van der Waals surface area contributed by atoms with Crippen LogP contribution in [-0.2, 0) is 11.3 Å². The third-order valence-corrected chi connectivity index (χ3v) is 6.53. The second-order valence-corrected chi connectivity index (χ2v) is 9.68. The van der Waals surface area contributed by atoms with Gasteiger partial charge in [-0.1, -0.05) is 42.8 Å². The Morgan fingerprint density at radius 1 is 1.21 bits per heavy atom. The van der Waals surface area contributed by atoms with Gasteiger partial charge in [0.2, 0.25) is 17.6 Å². The van der Waals surface area contributed by atoms with E-state index in [9.17, 15) is 9.18 Å². The molecule has 180 valence electrons. The van der Waals surface area contributed by atoms with Crippen molar-refractivity contribution in [2.75, 3.05) is 13.1 Å². The number of likely N-dealkylation sites (tertiary alicyclic amines) is 1. The monoisotopic (exact) mass is 464 g/mol. The van der Waals surface area contributed by atoms with E-state index in [4.69, 9.17) is 4.52 Å². The molecule has 0 bridgehead atoms. The summed E-state index contributed by atoms with van der Waals surface area (Å²) in [5.41, 5.74) is 4.32. The van der Waals surface area contributed by atoms with Gasteiger partial charge in [-0.25, -0.2) is 4.39 Å². The molecule has 1 N–H and O–H groups in total. The third kappa shape index (κ3) is 5.70. The Labute approximate surface area is 200 Å². The zero-order valence-corrected chi connectivity index (χ0v) is 20.3. The highest BCUT2D eigenvalue weighted by Crippen LogP contribution is 2.27. The number of piperidine rings is 1. The number of amides is 1. The van der Waals surface area contributed by atoms with Gasteiger partial charge in [0, 0.05) is 12.1 Å². The van der Waals surface area contributed by atoms with E-state index in [1.54, 1.807) is 12.1 Å². The molecule has 3 aromatic rings. The molecule has 1 aromatic heterocycles. The lowest BCUT2D eigenvalue weighted by Gasteiger charge is -2.33. The van der Waals surface area contributed by atoms with Crippen LogP contribution in [0.1, 0.15) is 55.3 Å². The number of nitrogens with one attached hydrogen (secondary N) is 1. The molecule has 2 unspecified atom stereocenters. The Balaban J connectivity index is 1.39. The van der Waals surface area contributed by atoms with Gasteiger partial charge in [-0.15, -0.1) is 0 Å². The van der Waals surface area contributed by atoms with Crippen LogP contribution in [0.25, 0.3) is 11.4 Å². The van der Waals surface area contributed by atoms with E-state index in [2.05, 4.69) is 66.3 Å². The van der Waals surface area contributed by atoms with Crippen molar-refractivity contribution in [3.8, 4) is 11.4 Å². The Bertz CT molecular complexity index is 1130. The lowest BCUT2D eigenvalue weighted by molar-refractivity contribution is -0.128. The summed E-state index contributed by atoms with van der Waals surface area (Å²) in [6.45, 7) is 10.5. The average molecular weight is 465 g/mol. The topological polar surface area (TPSA) is 71.3 Å². The summed E-state index contributed by atoms with van der Waals surface area (Å²) in [6, 6.07) is 12.4. The molecule has 1 saturated heterocycles. The Morgan fingerprint density at radius 3 is 2.68 bits per heavy atom. The molecule has 0 saturated carbocycles. The van der Waals surface area contributed by atoms with Crippen LogP contribution in [0, 0.1) is 31.5 Å². The smallest absolute Gasteiger partial charge is 0.241 e. The van der Waals surface area contributed by atoms with Gasteiger partial charge in [0.05, 0.1) is 18.5 Å². The van der Waals surface area contributed by atoms with E-state index in [0.29, 0.717) is 30.4 Å². The molecule has 6 nitrogen and oxygen atoms in total. The number of rotatable bonds is 7. The fourth-order valence-corrected chi connectivity index (χ4v) is 4.69. The molecule has 0 aliphatic carbocycles. The summed E-state index contributed by atoms with van der Waals surface area (Å²) in [5.74, 6) is 0.932. The lowest BCUT2D eigenvalue weighted by atomic mass is 9.90. The second-order valence-electron chi connectivity index (χ2n) is 9.68. The minimum Gasteiger partial charge on any atom is -0.349 e. The zero-order chi connectivity index (χ0) is 24.2. The minimum absolute atomic E-state index is 0.0160. The van der Waals surface area contributed by atoms with Crippen molar-refractivity contribution >= 4 is 5.91 Å². The molecular formula is C27H33FN4O2. The van der Waals surface area contributed by atoms with Crippen molar-refractivity contribution in [1.29, 1.82) is 0 Å². The number of benzene rings is 2. The molecule has 34 heavy (non-hydrogen) atoms. The normalized spacial score (nSPS) is 17.6. The fourth-order valence-electron chi connectivity index (χ4n) is 4.69. The van der Waals surface area contributed by atoms with Crippen LogP contribution in [0.15, 0.2) is 47.0 Å². The van der Waals surface area contributed by atoms with Crippen LogP contribution in [-0.4, -0.2) is 34.0 Å². The maximum atomic E-state index is 13.3. The van der Waals surface area contributed by atoms with Gasteiger partial charge >= 0.3 is 0 Å². The van der Waals surface area contributed by atoms with Crippen molar-refractivity contribution in [3.63, 3.8) is 0 Å². The zero-order valence-electron chi connectivity index (χ0n) is 20.3. The largest absolute Gasteiger partial charge is 0.349 e. The minimum atomic E-state index is -0.303. The number of hydrogen-bond donors (Lipinski definition) is 1. The Morgan fingerprint density at radius 2 is 1.97 bits per heavy atom. The van der Waals surface area contributed by atoms with Crippen molar-refractivity contribution in [2.45, 2.75) is 53.1 Å². The van der Waals surface area contributed by atoms with Gasteiger partial charge < -0.3 is 9.84 Å². The van der Waals surface area contributed by atoms with Crippen LogP contribution in [0.2, 0.25) is 0 Å². The maximum absolute atomic E-state index is 13.3. The molecule has 1 aliphatic rings. The molecule has 0 spiro atoms. The molecule has 0 radical (unpaired) electrons. The van der Waals surface area contributed by atoms with Crippen molar-refractivity contribution < 1.29 is 13.7 Å². The van der Waals surface area contributed by atoms with Gasteiger partial charge in [0.25, 0.3) is 0 Å². The summed E-state index contributed by atoms with van der Waals surface area (Å²) in [4.78, 5) is 19.9. The summed E-state index contributed by atoms with van der Waals surface area (Å²) in [5, 5.41) is 7.36. The van der Waals surface area contributed by atoms with Crippen molar-refractivity contribution in [1.82, 2.24) is 20.4 Å². The number of aryl methyl sites for hydroxylation is 2. The predicted molar refractivity (Wildman–Crippen MR) is 129 cm³/mol. The van der Waals surface area contributed by atoms with Gasteiger partial charge in [0.15, 0.2) is 0 Å². The first-order valence-electron chi connectivity index (χ1n) is 12.0. The quantitative estimate of drug-likeness (QED) is 0.519. The number of hydrogen-bond acceptors (Lipinski definition) is 5. The van der Waals surface area contributed by atoms with E-state index in [1.807, 2.05) is 0 Å². The van der Waals surface area contributed by atoms with Gasteiger partial charge in [-0.05, 0) is 74.5 Å². The molecule has 2 heterocycles. The first-order valence-corrected chi connectivity index (χ1v) is 12.0. The highest BCUT2D eigenvalue weighted by Gasteiger charge is 2.29. The molecule has 7 heteroatoms. The van der Waals surface area contributed by atoms with E-state index >= 15 is 0 Å². The Hall–Kier alpha value is -3.06. The number of carbonyl (C=O) groups excluding carboxylic acids is 1. The number of aromatic nitrogens is 2. The molecule has 2 atom stereocenters. The van der Waals surface area contributed by atoms with E-state index in [0.717, 1.165) is 19.4 Å². The first-order chi connectivity index (χ1) is 16.3. The fraction of sp³-hybridized carbons (Fsp3) is 0.444. The van der Waals surface area contributed by atoms with Gasteiger partial charge in [-0.2, -0.15) is 4.98 Å². The van der Waals surface area contributed by atoms with E-state index in [-0.39, 0.29) is 29.6 Å². The van der Waals surface area contributed by atoms with Crippen LogP contribution >= 0.6 is 0 Å². The van der Waals surface area contributed by atoms with Crippen molar-refractivity contribution in [2.24, 2.45) is 11.8 Å². The highest BCUT2D eigenvalue weighted by atomic mass is 19.1. The Kier molecular flexibility index (Phi) is 7.41. The van der Waals surface area contributed by atoms with E-state index in [1.165, 1.54) is 28.8 Å². The summed E-state index contributed by atoms with van der Waals surface area (Å²) >= 11 is 0. The van der Waals surface area contributed by atoms with Crippen LogP contribution in [0.5, 0.6) is 0 Å². The number of nitrogens with zero attached hydrogens (tertiary/aromatic N) is 3. The average Bonchev–Trinajstić information content (AvgIpc) is 3.26. The summed E-state index contributed by atoms with van der Waals surface area (Å²) in [6.07, 6.45) is 1.80. The molecule has 4 rings (SSSR count). The summed E-state index contributed by atoms with van der Waals surface area (Å²) < 4.78 is 18.6. The van der Waals surface area contributed by atoms with Crippen LogP contribution in [0.4, 0.5) is 4.39 Å². The van der Waals surface area contributed by atoms with Crippen LogP contribution < -0.4 is 5.32 Å². The summed E-state index contributed by atoms with van der Waals surface area (Å²) in [7, 11) is 0. The van der Waals surface area contributed by atoms with E-state index < -0.39 is 0 Å². The lowest BCUT2D eigenvalue weighted by Crippen LogP contribution is -2.44. The standard InChI is InChI=1S/C27H33FN4O2/c1-17(2)25(23-12-7-18(3)14-19(23)4)30-27(33)21-6-5-13-32(15-21)16-24-29-26(31-34-24)20-8-10-22(28)11-9-20/h7-12,14,17,21,25H,5-6,13,15-16H2,1-4H3,(H,30,33). The van der Waals surface area contributed by atoms with Crippen molar-refractivity contribution in [3.05, 3.63) is 70.9 Å². The van der Waals surface area contributed by atoms with Gasteiger partial charge in [-0.3, -0.25) is 9.69 Å². The number of halogens is 1. The molecular weight excluding hydrogens is 431 g/mol. The predicted octanol–water partition coefficient (Wildman–Crippen LogP) is 5.22. The molecule has 2 aromatic carbocycles. The number of carbonyl (C=O) groups is 1. The molecule has 1 amide bonds. The van der Waals surface area contributed by atoms with Gasteiger partial charge in [0.1, 0.15) is 5.82 Å². The highest BCUT2D eigenvalue weighted by molar-refractivity contribution is 5.79. The SMILES string of the molecule is Cc1ccc(C(NC(=O)C2CCCN(Cc3nc(-c4ccc(F)cc4)no3)C2)C(C)C)c(C)c1. The molecule has 1 aliphatic heterocycles. The maximum Gasteiger partial charge on any atom is 0.241 e. The third-order valence-electron chi connectivity index (χ3n) is 6.53.